The van der Waals surface area contributed by atoms with Gasteiger partial charge < -0.3 is 15.9 Å². The van der Waals surface area contributed by atoms with Gasteiger partial charge in [0, 0.05) is 6.04 Å². The van der Waals surface area contributed by atoms with Crippen LogP contribution in [-0.2, 0) is 10.4 Å². The number of aliphatic hydroxyl groups is 1. The number of carboxylic acid groups (broad SMARTS) is 1. The van der Waals surface area contributed by atoms with Crippen LogP contribution < -0.4 is 5.73 Å². The highest BCUT2D eigenvalue weighted by molar-refractivity contribution is 5.67. The largest absolute Gasteiger partial charge is 0.481 e. The molecule has 0 spiro atoms. The fraction of sp³-hybridized carbons (Fsp3) is 0.417. The molecule has 0 saturated heterocycles. The number of hydrogen-bond acceptors (Lipinski definition) is 3. The van der Waals surface area contributed by atoms with Crippen molar-refractivity contribution in [1.29, 1.82) is 0 Å². The van der Waals surface area contributed by atoms with Crippen LogP contribution in [0.4, 0.5) is 0 Å². The van der Waals surface area contributed by atoms with E-state index in [1.54, 1.807) is 38.1 Å². The smallest absolute Gasteiger partial charge is 0.305 e. The summed E-state index contributed by atoms with van der Waals surface area (Å²) >= 11 is 0. The van der Waals surface area contributed by atoms with E-state index in [9.17, 15) is 9.90 Å². The minimum Gasteiger partial charge on any atom is -0.481 e. The molecule has 1 atom stereocenters. The van der Waals surface area contributed by atoms with E-state index >= 15 is 0 Å². The van der Waals surface area contributed by atoms with Gasteiger partial charge in [-0.2, -0.15) is 0 Å². The number of carbonyl (C=O) groups is 1. The van der Waals surface area contributed by atoms with Crippen LogP contribution >= 0.6 is 0 Å². The van der Waals surface area contributed by atoms with Crippen molar-refractivity contribution in [3.63, 3.8) is 0 Å². The molecule has 0 aliphatic heterocycles. The van der Waals surface area contributed by atoms with E-state index in [0.717, 1.165) is 11.1 Å². The van der Waals surface area contributed by atoms with E-state index in [2.05, 4.69) is 0 Å². The first-order valence-corrected chi connectivity index (χ1v) is 5.11. The molecule has 1 unspecified atom stereocenters. The van der Waals surface area contributed by atoms with Gasteiger partial charge in [-0.1, -0.05) is 24.3 Å². The molecule has 0 radical (unpaired) electrons. The summed E-state index contributed by atoms with van der Waals surface area (Å²) in [4.78, 5) is 10.5. The quantitative estimate of drug-likeness (QED) is 0.720. The van der Waals surface area contributed by atoms with Crippen molar-refractivity contribution in [1.82, 2.24) is 0 Å². The third-order valence-corrected chi connectivity index (χ3v) is 2.44. The Labute approximate surface area is 94.7 Å². The van der Waals surface area contributed by atoms with Crippen LogP contribution in [0.2, 0.25) is 0 Å². The van der Waals surface area contributed by atoms with Gasteiger partial charge in [-0.3, -0.25) is 4.79 Å². The van der Waals surface area contributed by atoms with Crippen LogP contribution in [0.1, 0.15) is 37.4 Å². The molecule has 0 aliphatic rings. The van der Waals surface area contributed by atoms with Crippen molar-refractivity contribution in [3.05, 3.63) is 35.4 Å². The molecule has 0 heterocycles. The molecule has 88 valence electrons. The van der Waals surface area contributed by atoms with E-state index in [1.807, 2.05) is 0 Å². The van der Waals surface area contributed by atoms with Gasteiger partial charge in [-0.05, 0) is 25.0 Å². The monoisotopic (exact) mass is 223 g/mol. The normalized spacial score (nSPS) is 13.5. The molecular weight excluding hydrogens is 206 g/mol. The maximum Gasteiger partial charge on any atom is 0.305 e. The number of aliphatic carboxylic acids is 1. The summed E-state index contributed by atoms with van der Waals surface area (Å²) in [5.74, 6) is -0.918. The van der Waals surface area contributed by atoms with E-state index in [0.29, 0.717) is 0 Å². The molecule has 4 heteroatoms. The third-order valence-electron chi connectivity index (χ3n) is 2.44. The molecule has 0 saturated carbocycles. The Morgan fingerprint density at radius 3 is 2.25 bits per heavy atom. The van der Waals surface area contributed by atoms with E-state index < -0.39 is 17.6 Å². The molecule has 1 rings (SSSR count). The molecule has 0 aliphatic carbocycles. The lowest BCUT2D eigenvalue weighted by Crippen LogP contribution is -2.17. The van der Waals surface area contributed by atoms with Crippen molar-refractivity contribution in [2.24, 2.45) is 5.73 Å². The number of nitrogens with two attached hydrogens (primary N) is 1. The van der Waals surface area contributed by atoms with Gasteiger partial charge >= 0.3 is 5.97 Å². The Hall–Kier alpha value is -1.39. The fourth-order valence-electron chi connectivity index (χ4n) is 1.44. The molecule has 0 fully saturated rings. The SMILES string of the molecule is CC(C)(O)c1ccc(C(N)CC(=O)O)cc1. The average molecular weight is 223 g/mol. The molecule has 0 aromatic heterocycles. The first-order valence-electron chi connectivity index (χ1n) is 5.11. The molecule has 4 N–H and O–H groups in total. The summed E-state index contributed by atoms with van der Waals surface area (Å²) in [6, 6.07) is 6.52. The standard InChI is InChI=1S/C12H17NO3/c1-12(2,16)9-5-3-8(4-6-9)10(13)7-11(14)15/h3-6,10,16H,7,13H2,1-2H3,(H,14,15). The average Bonchev–Trinajstić information content (AvgIpc) is 2.15. The zero-order chi connectivity index (χ0) is 12.3. The van der Waals surface area contributed by atoms with Crippen molar-refractivity contribution in [2.45, 2.75) is 31.9 Å². The highest BCUT2D eigenvalue weighted by atomic mass is 16.4. The van der Waals surface area contributed by atoms with Gasteiger partial charge in [-0.15, -0.1) is 0 Å². The van der Waals surface area contributed by atoms with Gasteiger partial charge in [0.2, 0.25) is 0 Å². The van der Waals surface area contributed by atoms with Crippen molar-refractivity contribution in [2.75, 3.05) is 0 Å². The summed E-state index contributed by atoms with van der Waals surface area (Å²) in [6.07, 6.45) is -0.0954. The summed E-state index contributed by atoms with van der Waals surface area (Å²) in [5, 5.41) is 18.3. The number of rotatable bonds is 4. The van der Waals surface area contributed by atoms with Gasteiger partial charge in [0.1, 0.15) is 0 Å². The Morgan fingerprint density at radius 2 is 1.88 bits per heavy atom. The van der Waals surface area contributed by atoms with Crippen LogP contribution in [-0.4, -0.2) is 16.2 Å². The first-order chi connectivity index (χ1) is 7.30. The van der Waals surface area contributed by atoms with E-state index in [-0.39, 0.29) is 6.42 Å². The van der Waals surface area contributed by atoms with E-state index in [4.69, 9.17) is 10.8 Å². The molecule has 1 aromatic rings. The Morgan fingerprint density at radius 1 is 1.38 bits per heavy atom. The van der Waals surface area contributed by atoms with Crippen LogP contribution in [0.15, 0.2) is 24.3 Å². The van der Waals surface area contributed by atoms with E-state index in [1.165, 1.54) is 0 Å². The minimum atomic E-state index is -0.918. The van der Waals surface area contributed by atoms with Gasteiger partial charge in [-0.25, -0.2) is 0 Å². The number of carboxylic acids is 1. The second kappa shape index (κ2) is 4.63. The van der Waals surface area contributed by atoms with Gasteiger partial charge in [0.05, 0.1) is 12.0 Å². The first kappa shape index (κ1) is 12.7. The van der Waals surface area contributed by atoms with Crippen LogP contribution in [0.25, 0.3) is 0 Å². The Balaban J connectivity index is 2.83. The summed E-state index contributed by atoms with van der Waals surface area (Å²) in [6.45, 7) is 3.39. The zero-order valence-electron chi connectivity index (χ0n) is 9.47. The summed E-state index contributed by atoms with van der Waals surface area (Å²) in [5.41, 5.74) is 6.35. The predicted molar refractivity (Wildman–Crippen MR) is 60.9 cm³/mol. The maximum absolute atomic E-state index is 10.5. The summed E-state index contributed by atoms with van der Waals surface area (Å²) in [7, 11) is 0. The molecule has 16 heavy (non-hydrogen) atoms. The van der Waals surface area contributed by atoms with Crippen molar-refractivity contribution in [3.8, 4) is 0 Å². The Bertz CT molecular complexity index is 365. The second-order valence-corrected chi connectivity index (χ2v) is 4.39. The second-order valence-electron chi connectivity index (χ2n) is 4.39. The van der Waals surface area contributed by atoms with Gasteiger partial charge in [0.15, 0.2) is 0 Å². The fourth-order valence-corrected chi connectivity index (χ4v) is 1.44. The predicted octanol–water partition coefficient (Wildman–Crippen LogP) is 1.39. The minimum absolute atomic E-state index is 0.0954. The number of hydrogen-bond donors (Lipinski definition) is 3. The summed E-state index contributed by atoms with van der Waals surface area (Å²) < 4.78 is 0. The number of benzene rings is 1. The Kier molecular flexibility index (Phi) is 3.67. The van der Waals surface area contributed by atoms with Crippen LogP contribution in [0, 0.1) is 0 Å². The topological polar surface area (TPSA) is 83.5 Å². The zero-order valence-corrected chi connectivity index (χ0v) is 9.47. The van der Waals surface area contributed by atoms with Crippen molar-refractivity contribution >= 4 is 5.97 Å². The molecular formula is C12H17NO3. The lowest BCUT2D eigenvalue weighted by molar-refractivity contribution is -0.137. The lowest BCUT2D eigenvalue weighted by atomic mass is 9.95. The van der Waals surface area contributed by atoms with Crippen molar-refractivity contribution < 1.29 is 15.0 Å². The highest BCUT2D eigenvalue weighted by Crippen LogP contribution is 2.22. The maximum atomic E-state index is 10.5. The highest BCUT2D eigenvalue weighted by Gasteiger charge is 2.16. The molecule has 0 amide bonds. The van der Waals surface area contributed by atoms with Crippen LogP contribution in [0.5, 0.6) is 0 Å². The lowest BCUT2D eigenvalue weighted by Gasteiger charge is -2.18. The molecule has 0 bridgehead atoms. The van der Waals surface area contributed by atoms with Gasteiger partial charge in [0.25, 0.3) is 0 Å². The van der Waals surface area contributed by atoms with Crippen LogP contribution in [0.3, 0.4) is 0 Å². The molecule has 4 nitrogen and oxygen atoms in total. The third kappa shape index (κ3) is 3.32. The molecule has 1 aromatic carbocycles.